The fourth-order valence-corrected chi connectivity index (χ4v) is 1.85. The van der Waals surface area contributed by atoms with Crippen molar-refractivity contribution in [2.24, 2.45) is 13.0 Å². The van der Waals surface area contributed by atoms with Gasteiger partial charge in [0.15, 0.2) is 0 Å². The highest BCUT2D eigenvalue weighted by Gasteiger charge is 2.08. The van der Waals surface area contributed by atoms with Crippen molar-refractivity contribution < 1.29 is 0 Å². The molecule has 1 rings (SSSR count). The van der Waals surface area contributed by atoms with Gasteiger partial charge in [-0.15, -0.1) is 0 Å². The van der Waals surface area contributed by atoms with Gasteiger partial charge >= 0.3 is 0 Å². The van der Waals surface area contributed by atoms with Crippen molar-refractivity contribution in [3.05, 3.63) is 18.0 Å². The van der Waals surface area contributed by atoms with E-state index in [2.05, 4.69) is 37.3 Å². The second-order valence-corrected chi connectivity index (χ2v) is 4.82. The Kier molecular flexibility index (Phi) is 5.53. The molecule has 0 saturated carbocycles. The zero-order valence-electron chi connectivity index (χ0n) is 11.0. The molecule has 1 atom stereocenters. The van der Waals surface area contributed by atoms with E-state index in [1.54, 1.807) is 0 Å². The Morgan fingerprint density at radius 3 is 2.69 bits per heavy atom. The number of aromatic nitrogens is 2. The predicted molar refractivity (Wildman–Crippen MR) is 68.4 cm³/mol. The first-order chi connectivity index (χ1) is 7.63. The van der Waals surface area contributed by atoms with Crippen molar-refractivity contribution >= 4 is 0 Å². The molecule has 0 aliphatic carbocycles. The molecule has 16 heavy (non-hydrogen) atoms. The van der Waals surface area contributed by atoms with Gasteiger partial charge in [-0.25, -0.2) is 0 Å². The summed E-state index contributed by atoms with van der Waals surface area (Å²) in [6.07, 6.45) is 5.50. The zero-order chi connectivity index (χ0) is 12.0. The average molecular weight is 223 g/mol. The van der Waals surface area contributed by atoms with E-state index < -0.39 is 0 Å². The second-order valence-electron chi connectivity index (χ2n) is 4.82. The van der Waals surface area contributed by atoms with E-state index in [9.17, 15) is 0 Å². The molecule has 3 nitrogen and oxygen atoms in total. The molecule has 0 aromatic carbocycles. The zero-order valence-corrected chi connectivity index (χ0v) is 11.0. The number of nitrogens with one attached hydrogen (secondary N) is 1. The first-order valence-electron chi connectivity index (χ1n) is 6.33. The molecule has 0 saturated heterocycles. The SMILES string of the molecule is CCC(CCc1ccnn1C)CNC(C)C. The molecule has 0 radical (unpaired) electrons. The van der Waals surface area contributed by atoms with Crippen LogP contribution in [0.4, 0.5) is 0 Å². The molecule has 1 N–H and O–H groups in total. The molecule has 0 amide bonds. The lowest BCUT2D eigenvalue weighted by molar-refractivity contribution is 0.410. The predicted octanol–water partition coefficient (Wildman–Crippen LogP) is 2.38. The van der Waals surface area contributed by atoms with Gasteiger partial charge in [-0.1, -0.05) is 27.2 Å². The van der Waals surface area contributed by atoms with E-state index in [1.807, 2.05) is 17.9 Å². The first-order valence-corrected chi connectivity index (χ1v) is 6.33. The highest BCUT2D eigenvalue weighted by Crippen LogP contribution is 2.12. The normalized spacial score (nSPS) is 13.3. The molecule has 1 aromatic heterocycles. The van der Waals surface area contributed by atoms with E-state index in [0.29, 0.717) is 6.04 Å². The van der Waals surface area contributed by atoms with E-state index in [4.69, 9.17) is 0 Å². The third-order valence-corrected chi connectivity index (χ3v) is 3.12. The Bertz CT molecular complexity index is 291. The van der Waals surface area contributed by atoms with Crippen LogP contribution in [0, 0.1) is 5.92 Å². The van der Waals surface area contributed by atoms with Gasteiger partial charge in [-0.2, -0.15) is 5.10 Å². The number of nitrogens with zero attached hydrogens (tertiary/aromatic N) is 2. The lowest BCUT2D eigenvalue weighted by atomic mass is 9.99. The van der Waals surface area contributed by atoms with Gasteiger partial charge < -0.3 is 5.32 Å². The van der Waals surface area contributed by atoms with Gasteiger partial charge in [0, 0.05) is 25.0 Å². The van der Waals surface area contributed by atoms with E-state index in [-0.39, 0.29) is 0 Å². The average Bonchev–Trinajstić information content (AvgIpc) is 2.64. The third-order valence-electron chi connectivity index (χ3n) is 3.12. The lowest BCUT2D eigenvalue weighted by Gasteiger charge is -2.17. The molecule has 0 fully saturated rings. The Balaban J connectivity index is 2.31. The Hall–Kier alpha value is -0.830. The maximum Gasteiger partial charge on any atom is 0.0492 e. The minimum atomic E-state index is 0.589. The number of hydrogen-bond donors (Lipinski definition) is 1. The summed E-state index contributed by atoms with van der Waals surface area (Å²) in [6, 6.07) is 2.70. The van der Waals surface area contributed by atoms with Crippen LogP contribution in [0.15, 0.2) is 12.3 Å². The maximum absolute atomic E-state index is 4.20. The van der Waals surface area contributed by atoms with Crippen LogP contribution >= 0.6 is 0 Å². The Morgan fingerprint density at radius 2 is 2.19 bits per heavy atom. The second kappa shape index (κ2) is 6.69. The molecule has 1 aromatic rings. The topological polar surface area (TPSA) is 29.9 Å². The molecule has 1 heterocycles. The van der Waals surface area contributed by atoms with Gasteiger partial charge in [0.05, 0.1) is 0 Å². The van der Waals surface area contributed by atoms with Gasteiger partial charge in [0.25, 0.3) is 0 Å². The van der Waals surface area contributed by atoms with Crippen molar-refractivity contribution in [1.29, 1.82) is 0 Å². The Labute approximate surface area is 99.2 Å². The van der Waals surface area contributed by atoms with Gasteiger partial charge in [0.1, 0.15) is 0 Å². The first kappa shape index (κ1) is 13.2. The maximum atomic E-state index is 4.20. The van der Waals surface area contributed by atoms with Crippen LogP contribution in [-0.4, -0.2) is 22.4 Å². The third kappa shape index (κ3) is 4.35. The largest absolute Gasteiger partial charge is 0.314 e. The van der Waals surface area contributed by atoms with Crippen LogP contribution in [-0.2, 0) is 13.5 Å². The fraction of sp³-hybridized carbons (Fsp3) is 0.769. The number of rotatable bonds is 7. The summed E-state index contributed by atoms with van der Waals surface area (Å²) in [5.41, 5.74) is 1.34. The van der Waals surface area contributed by atoms with Crippen LogP contribution in [0.5, 0.6) is 0 Å². The molecule has 1 unspecified atom stereocenters. The Morgan fingerprint density at radius 1 is 1.44 bits per heavy atom. The summed E-state index contributed by atoms with van der Waals surface area (Å²) in [5, 5.41) is 7.71. The van der Waals surface area contributed by atoms with Crippen LogP contribution in [0.25, 0.3) is 0 Å². The van der Waals surface area contributed by atoms with Crippen LogP contribution < -0.4 is 5.32 Å². The van der Waals surface area contributed by atoms with Crippen molar-refractivity contribution in [2.75, 3.05) is 6.54 Å². The molecular weight excluding hydrogens is 198 g/mol. The van der Waals surface area contributed by atoms with E-state index in [0.717, 1.165) is 18.9 Å². The minimum Gasteiger partial charge on any atom is -0.314 e. The lowest BCUT2D eigenvalue weighted by Crippen LogP contribution is -2.29. The summed E-state index contributed by atoms with van der Waals surface area (Å²) < 4.78 is 1.97. The fourth-order valence-electron chi connectivity index (χ4n) is 1.85. The summed E-state index contributed by atoms with van der Waals surface area (Å²) in [6.45, 7) is 7.81. The standard InChI is InChI=1S/C13H25N3/c1-5-12(10-14-11(2)3)6-7-13-8-9-15-16(13)4/h8-9,11-12,14H,5-7,10H2,1-4H3. The molecule has 0 spiro atoms. The molecule has 92 valence electrons. The minimum absolute atomic E-state index is 0.589. The van der Waals surface area contributed by atoms with Gasteiger partial charge in [0.2, 0.25) is 0 Å². The number of aryl methyl sites for hydroxylation is 2. The van der Waals surface area contributed by atoms with Crippen LogP contribution in [0.2, 0.25) is 0 Å². The molecule has 3 heteroatoms. The monoisotopic (exact) mass is 223 g/mol. The van der Waals surface area contributed by atoms with Crippen molar-refractivity contribution in [1.82, 2.24) is 15.1 Å². The highest BCUT2D eigenvalue weighted by atomic mass is 15.2. The van der Waals surface area contributed by atoms with Crippen molar-refractivity contribution in [2.45, 2.75) is 46.1 Å². The summed E-state index contributed by atoms with van der Waals surface area (Å²) in [4.78, 5) is 0. The van der Waals surface area contributed by atoms with E-state index in [1.165, 1.54) is 18.5 Å². The molecule has 0 bridgehead atoms. The van der Waals surface area contributed by atoms with E-state index >= 15 is 0 Å². The molecular formula is C13H25N3. The smallest absolute Gasteiger partial charge is 0.0492 e. The van der Waals surface area contributed by atoms with Crippen LogP contribution in [0.1, 0.15) is 39.3 Å². The highest BCUT2D eigenvalue weighted by molar-refractivity contribution is 5.00. The van der Waals surface area contributed by atoms with Crippen molar-refractivity contribution in [3.8, 4) is 0 Å². The quantitative estimate of drug-likeness (QED) is 0.769. The molecule has 0 aliphatic heterocycles. The summed E-state index contributed by atoms with van der Waals surface area (Å²) in [7, 11) is 2.02. The summed E-state index contributed by atoms with van der Waals surface area (Å²) in [5.74, 6) is 0.775. The van der Waals surface area contributed by atoms with Gasteiger partial charge in [-0.3, -0.25) is 4.68 Å². The molecule has 0 aliphatic rings. The van der Waals surface area contributed by atoms with Crippen LogP contribution in [0.3, 0.4) is 0 Å². The van der Waals surface area contributed by atoms with Gasteiger partial charge in [-0.05, 0) is 31.4 Å². The number of hydrogen-bond acceptors (Lipinski definition) is 2. The summed E-state index contributed by atoms with van der Waals surface area (Å²) >= 11 is 0. The van der Waals surface area contributed by atoms with Crippen molar-refractivity contribution in [3.63, 3.8) is 0 Å².